The summed E-state index contributed by atoms with van der Waals surface area (Å²) in [5, 5.41) is 19.2. The minimum Gasteiger partial charge on any atom is -0.508 e. The Morgan fingerprint density at radius 2 is 2.00 bits per heavy atom. The molecule has 0 unspecified atom stereocenters. The van der Waals surface area contributed by atoms with Crippen molar-refractivity contribution in [3.63, 3.8) is 0 Å². The highest BCUT2D eigenvalue weighted by atomic mass is 16.4. The second-order valence-corrected chi connectivity index (χ2v) is 4.19. The van der Waals surface area contributed by atoms with E-state index in [-0.39, 0.29) is 11.3 Å². The summed E-state index contributed by atoms with van der Waals surface area (Å²) in [6.07, 6.45) is 1.46. The molecule has 0 amide bonds. The zero-order valence-electron chi connectivity index (χ0n) is 9.79. The lowest BCUT2D eigenvalue weighted by Gasteiger charge is -1.98. The van der Waals surface area contributed by atoms with E-state index in [9.17, 15) is 9.90 Å². The molecule has 0 aliphatic carbocycles. The number of nitrogens with one attached hydrogen (secondary N) is 1. The van der Waals surface area contributed by atoms with Gasteiger partial charge >= 0.3 is 5.97 Å². The van der Waals surface area contributed by atoms with Crippen LogP contribution in [0.5, 0.6) is 5.75 Å². The highest BCUT2D eigenvalue weighted by molar-refractivity contribution is 5.90. The third kappa shape index (κ3) is 2.01. The Hall–Kier alpha value is -2.82. The van der Waals surface area contributed by atoms with Crippen molar-refractivity contribution in [2.24, 2.45) is 0 Å². The molecular formula is C14H10N2O3. The topological polar surface area (TPSA) is 86.2 Å². The number of aromatic hydroxyl groups is 1. The molecule has 0 fully saturated rings. The molecule has 3 rings (SSSR count). The molecule has 0 radical (unpaired) electrons. The first-order valence-corrected chi connectivity index (χ1v) is 5.65. The van der Waals surface area contributed by atoms with Gasteiger partial charge in [-0.3, -0.25) is 4.98 Å². The Morgan fingerprint density at radius 1 is 1.16 bits per heavy atom. The van der Waals surface area contributed by atoms with Crippen molar-refractivity contribution in [3.05, 3.63) is 48.2 Å². The molecular weight excluding hydrogens is 244 g/mol. The number of phenols is 1. The number of carbonyl (C=O) groups is 1. The molecule has 0 saturated carbocycles. The van der Waals surface area contributed by atoms with Crippen LogP contribution in [-0.2, 0) is 0 Å². The van der Waals surface area contributed by atoms with Crippen molar-refractivity contribution in [2.45, 2.75) is 0 Å². The molecule has 0 spiro atoms. The molecule has 0 saturated heterocycles. The molecule has 19 heavy (non-hydrogen) atoms. The Morgan fingerprint density at radius 3 is 2.79 bits per heavy atom. The van der Waals surface area contributed by atoms with Gasteiger partial charge in [0.25, 0.3) is 0 Å². The molecule has 0 aliphatic rings. The van der Waals surface area contributed by atoms with Crippen LogP contribution in [0.4, 0.5) is 0 Å². The maximum absolute atomic E-state index is 10.9. The van der Waals surface area contributed by atoms with E-state index in [0.29, 0.717) is 11.4 Å². The fourth-order valence-electron chi connectivity index (χ4n) is 1.97. The fraction of sp³-hybridized carbons (Fsp3) is 0. The molecule has 3 N–H and O–H groups in total. The van der Waals surface area contributed by atoms with Gasteiger partial charge in [0, 0.05) is 17.1 Å². The number of phenolic OH excluding ortho intramolecular Hbond substituents is 1. The van der Waals surface area contributed by atoms with E-state index in [2.05, 4.69) is 9.97 Å². The minimum atomic E-state index is -0.989. The van der Waals surface area contributed by atoms with Crippen LogP contribution >= 0.6 is 0 Å². The molecule has 0 atom stereocenters. The number of aromatic nitrogens is 2. The van der Waals surface area contributed by atoms with Gasteiger partial charge in [0.1, 0.15) is 5.75 Å². The minimum absolute atomic E-state index is 0.185. The predicted molar refractivity (Wildman–Crippen MR) is 70.2 cm³/mol. The second kappa shape index (κ2) is 4.13. The van der Waals surface area contributed by atoms with E-state index in [1.165, 1.54) is 18.3 Å². The van der Waals surface area contributed by atoms with Gasteiger partial charge < -0.3 is 15.2 Å². The number of pyridine rings is 1. The lowest BCUT2D eigenvalue weighted by Crippen LogP contribution is -1.97. The van der Waals surface area contributed by atoms with Gasteiger partial charge in [-0.25, -0.2) is 4.79 Å². The molecule has 94 valence electrons. The second-order valence-electron chi connectivity index (χ2n) is 4.19. The summed E-state index contributed by atoms with van der Waals surface area (Å²) in [4.78, 5) is 18.2. The molecule has 2 heterocycles. The van der Waals surface area contributed by atoms with E-state index in [0.717, 1.165) is 10.9 Å². The molecule has 3 aromatic rings. The van der Waals surface area contributed by atoms with E-state index in [1.807, 2.05) is 6.07 Å². The summed E-state index contributed by atoms with van der Waals surface area (Å²) in [7, 11) is 0. The fourth-order valence-corrected chi connectivity index (χ4v) is 1.97. The summed E-state index contributed by atoms with van der Waals surface area (Å²) in [5.41, 5.74) is 2.31. The Kier molecular flexibility index (Phi) is 2.45. The van der Waals surface area contributed by atoms with Gasteiger partial charge in [0.05, 0.1) is 17.0 Å². The molecule has 0 aliphatic heterocycles. The molecule has 1 aromatic carbocycles. The van der Waals surface area contributed by atoms with Crippen LogP contribution in [0.3, 0.4) is 0 Å². The third-order valence-electron chi connectivity index (χ3n) is 2.89. The Labute approximate surface area is 108 Å². The number of benzene rings is 1. The van der Waals surface area contributed by atoms with Gasteiger partial charge in [-0.15, -0.1) is 0 Å². The number of hydrogen-bond donors (Lipinski definition) is 3. The summed E-state index contributed by atoms with van der Waals surface area (Å²) in [6.45, 7) is 0. The smallest absolute Gasteiger partial charge is 0.335 e. The highest BCUT2D eigenvalue weighted by Crippen LogP contribution is 2.25. The van der Waals surface area contributed by atoms with E-state index in [1.54, 1.807) is 18.2 Å². The average Bonchev–Trinajstić information content (AvgIpc) is 2.81. The van der Waals surface area contributed by atoms with E-state index < -0.39 is 5.97 Å². The van der Waals surface area contributed by atoms with Crippen molar-refractivity contribution in [1.82, 2.24) is 9.97 Å². The average molecular weight is 254 g/mol. The van der Waals surface area contributed by atoms with Crippen LogP contribution < -0.4 is 0 Å². The molecule has 5 nitrogen and oxygen atoms in total. The Balaban J connectivity index is 2.13. The summed E-state index contributed by atoms with van der Waals surface area (Å²) < 4.78 is 0. The third-order valence-corrected chi connectivity index (χ3v) is 2.89. The first-order valence-electron chi connectivity index (χ1n) is 5.65. The number of carboxylic acid groups (broad SMARTS) is 1. The number of H-pyrrole nitrogens is 1. The molecule has 5 heteroatoms. The van der Waals surface area contributed by atoms with Crippen molar-refractivity contribution in [3.8, 4) is 17.1 Å². The van der Waals surface area contributed by atoms with Crippen LogP contribution in [0.2, 0.25) is 0 Å². The number of fused-ring (bicyclic) bond motifs is 1. The first kappa shape index (κ1) is 11.3. The van der Waals surface area contributed by atoms with Crippen LogP contribution in [0.15, 0.2) is 42.6 Å². The maximum Gasteiger partial charge on any atom is 0.335 e. The largest absolute Gasteiger partial charge is 0.508 e. The first-order chi connectivity index (χ1) is 9.13. The highest BCUT2D eigenvalue weighted by Gasteiger charge is 2.08. The van der Waals surface area contributed by atoms with Crippen molar-refractivity contribution in [2.75, 3.05) is 0 Å². The zero-order chi connectivity index (χ0) is 13.4. The van der Waals surface area contributed by atoms with Crippen molar-refractivity contribution < 1.29 is 15.0 Å². The van der Waals surface area contributed by atoms with Gasteiger partial charge in [0.2, 0.25) is 0 Å². The molecule has 2 aromatic heterocycles. The van der Waals surface area contributed by atoms with Crippen LogP contribution in [0.1, 0.15) is 10.4 Å². The monoisotopic (exact) mass is 254 g/mol. The van der Waals surface area contributed by atoms with Gasteiger partial charge in [-0.2, -0.15) is 0 Å². The molecule has 0 bridgehead atoms. The van der Waals surface area contributed by atoms with Crippen LogP contribution in [0.25, 0.3) is 22.3 Å². The Bertz CT molecular complexity index is 777. The van der Waals surface area contributed by atoms with Crippen LogP contribution in [0, 0.1) is 0 Å². The number of carboxylic acids is 1. The number of nitrogens with zero attached hydrogens (tertiary/aromatic N) is 1. The van der Waals surface area contributed by atoms with Crippen molar-refractivity contribution >= 4 is 16.9 Å². The lowest BCUT2D eigenvalue weighted by molar-refractivity contribution is 0.0697. The van der Waals surface area contributed by atoms with Crippen molar-refractivity contribution in [1.29, 1.82) is 0 Å². The number of aromatic amines is 1. The number of aromatic carboxylic acids is 1. The van der Waals surface area contributed by atoms with Gasteiger partial charge in [-0.05, 0) is 36.4 Å². The van der Waals surface area contributed by atoms with Crippen LogP contribution in [-0.4, -0.2) is 26.2 Å². The SMILES string of the molecule is O=C(O)c1ccnc(-c2cc3cc(O)ccc3[nH]2)c1. The lowest BCUT2D eigenvalue weighted by atomic mass is 10.2. The standard InChI is InChI=1S/C14H10N2O3/c17-10-1-2-11-9(5-10)7-13(16-11)12-6-8(14(18)19)3-4-15-12/h1-7,16-17H,(H,18,19). The zero-order valence-corrected chi connectivity index (χ0v) is 9.79. The number of rotatable bonds is 2. The predicted octanol–water partition coefficient (Wildman–Crippen LogP) is 2.63. The maximum atomic E-state index is 10.9. The summed E-state index contributed by atoms with van der Waals surface area (Å²) >= 11 is 0. The van der Waals surface area contributed by atoms with Gasteiger partial charge in [0.15, 0.2) is 0 Å². The van der Waals surface area contributed by atoms with Gasteiger partial charge in [-0.1, -0.05) is 0 Å². The van der Waals surface area contributed by atoms with E-state index in [4.69, 9.17) is 5.11 Å². The summed E-state index contributed by atoms with van der Waals surface area (Å²) in [5.74, 6) is -0.803. The number of hydrogen-bond acceptors (Lipinski definition) is 3. The normalized spacial score (nSPS) is 10.7. The van der Waals surface area contributed by atoms with E-state index >= 15 is 0 Å². The summed E-state index contributed by atoms with van der Waals surface area (Å²) in [6, 6.07) is 9.76. The quantitative estimate of drug-likeness (QED) is 0.656.